The van der Waals surface area contributed by atoms with Gasteiger partial charge in [-0.15, -0.1) is 0 Å². The quantitative estimate of drug-likeness (QED) is 0.654. The van der Waals surface area contributed by atoms with Crippen molar-refractivity contribution < 1.29 is 9.53 Å². The van der Waals surface area contributed by atoms with Crippen molar-refractivity contribution >= 4 is 11.5 Å². The third-order valence-electron chi connectivity index (χ3n) is 2.61. The highest BCUT2D eigenvalue weighted by molar-refractivity contribution is 6.09. The highest BCUT2D eigenvalue weighted by Crippen LogP contribution is 2.19. The molecule has 0 saturated carbocycles. The number of ether oxygens (including phenoxy) is 1. The van der Waals surface area contributed by atoms with E-state index in [0.29, 0.717) is 11.3 Å². The van der Waals surface area contributed by atoms with E-state index in [9.17, 15) is 4.79 Å². The van der Waals surface area contributed by atoms with Crippen molar-refractivity contribution in [2.24, 2.45) is 0 Å². The first-order valence-corrected chi connectivity index (χ1v) is 5.39. The summed E-state index contributed by atoms with van der Waals surface area (Å²) in [6.07, 6.45) is 2.92. The molecule has 0 radical (unpaired) electrons. The number of nitrogens with zero attached hydrogens (tertiary/aromatic N) is 2. The van der Waals surface area contributed by atoms with Gasteiger partial charge in [-0.1, -0.05) is 12.1 Å². The van der Waals surface area contributed by atoms with Crippen molar-refractivity contribution in [1.29, 1.82) is 0 Å². The van der Waals surface area contributed by atoms with Crippen molar-refractivity contribution in [3.8, 4) is 5.88 Å². The number of nitrogen functional groups attached to an aromatic ring is 1. The Labute approximate surface area is 105 Å². The number of methoxy groups -OCH3 is 1. The predicted octanol–water partition coefficient (Wildman–Crippen LogP) is 1.61. The summed E-state index contributed by atoms with van der Waals surface area (Å²) >= 11 is 0. The molecule has 1 heterocycles. The van der Waals surface area contributed by atoms with Crippen LogP contribution in [0.25, 0.3) is 0 Å². The van der Waals surface area contributed by atoms with Gasteiger partial charge in [-0.25, -0.2) is 9.97 Å². The fourth-order valence-corrected chi connectivity index (χ4v) is 1.55. The first-order chi connectivity index (χ1) is 8.63. The lowest BCUT2D eigenvalue weighted by Gasteiger charge is -2.06. The second-order valence-corrected chi connectivity index (χ2v) is 3.81. The molecule has 0 aliphatic rings. The molecule has 5 heteroatoms. The standard InChI is InChI=1S/C13H13N3O2/c1-8-3-4-9(7-10(8)14)12(17)11-13(18-2)16-6-5-15-11/h3-7H,14H2,1-2H3. The van der Waals surface area contributed by atoms with E-state index in [1.165, 1.54) is 19.5 Å². The van der Waals surface area contributed by atoms with Crippen LogP contribution in [0.4, 0.5) is 5.69 Å². The summed E-state index contributed by atoms with van der Waals surface area (Å²) in [5.41, 5.74) is 7.94. The van der Waals surface area contributed by atoms with Crippen LogP contribution in [-0.2, 0) is 0 Å². The summed E-state index contributed by atoms with van der Waals surface area (Å²) in [7, 11) is 1.45. The molecule has 1 aromatic heterocycles. The Bertz CT molecular complexity index is 597. The van der Waals surface area contributed by atoms with E-state index in [1.54, 1.807) is 18.2 Å². The molecular weight excluding hydrogens is 230 g/mol. The van der Waals surface area contributed by atoms with Crippen molar-refractivity contribution in [3.63, 3.8) is 0 Å². The number of carbonyl (C=O) groups excluding carboxylic acids is 1. The zero-order chi connectivity index (χ0) is 13.1. The summed E-state index contributed by atoms with van der Waals surface area (Å²) in [6, 6.07) is 5.14. The first-order valence-electron chi connectivity index (χ1n) is 5.39. The van der Waals surface area contributed by atoms with E-state index < -0.39 is 0 Å². The van der Waals surface area contributed by atoms with E-state index in [0.717, 1.165) is 5.56 Å². The third-order valence-corrected chi connectivity index (χ3v) is 2.61. The fraction of sp³-hybridized carbons (Fsp3) is 0.154. The van der Waals surface area contributed by atoms with E-state index in [4.69, 9.17) is 10.5 Å². The van der Waals surface area contributed by atoms with Gasteiger partial charge in [0.25, 0.3) is 0 Å². The summed E-state index contributed by atoms with van der Waals surface area (Å²) in [5, 5.41) is 0. The third kappa shape index (κ3) is 2.15. The highest BCUT2D eigenvalue weighted by atomic mass is 16.5. The summed E-state index contributed by atoms with van der Waals surface area (Å²) < 4.78 is 5.02. The van der Waals surface area contributed by atoms with Crippen LogP contribution in [0.1, 0.15) is 21.6 Å². The minimum absolute atomic E-state index is 0.184. The number of hydrogen-bond donors (Lipinski definition) is 1. The molecule has 1 aromatic carbocycles. The monoisotopic (exact) mass is 243 g/mol. The number of rotatable bonds is 3. The maximum atomic E-state index is 12.3. The lowest BCUT2D eigenvalue weighted by Crippen LogP contribution is -2.08. The maximum Gasteiger partial charge on any atom is 0.243 e. The van der Waals surface area contributed by atoms with Gasteiger partial charge < -0.3 is 10.5 Å². The molecule has 0 aliphatic heterocycles. The normalized spacial score (nSPS) is 10.1. The highest BCUT2D eigenvalue weighted by Gasteiger charge is 2.17. The number of benzene rings is 1. The molecule has 0 saturated heterocycles. The van der Waals surface area contributed by atoms with Gasteiger partial charge in [-0.3, -0.25) is 4.79 Å². The molecule has 2 aromatic rings. The predicted molar refractivity (Wildman–Crippen MR) is 67.6 cm³/mol. The molecule has 5 nitrogen and oxygen atoms in total. The van der Waals surface area contributed by atoms with Crippen LogP contribution in [0.2, 0.25) is 0 Å². The van der Waals surface area contributed by atoms with Crippen LogP contribution in [0, 0.1) is 6.92 Å². The SMILES string of the molecule is COc1nccnc1C(=O)c1ccc(C)c(N)c1. The topological polar surface area (TPSA) is 78.1 Å². The number of ketones is 1. The van der Waals surface area contributed by atoms with Crippen molar-refractivity contribution in [3.05, 3.63) is 47.4 Å². The van der Waals surface area contributed by atoms with E-state index in [2.05, 4.69) is 9.97 Å². The Morgan fingerprint density at radius 3 is 2.67 bits per heavy atom. The molecule has 0 fully saturated rings. The zero-order valence-electron chi connectivity index (χ0n) is 10.2. The van der Waals surface area contributed by atoms with E-state index >= 15 is 0 Å². The van der Waals surface area contributed by atoms with Crippen molar-refractivity contribution in [1.82, 2.24) is 9.97 Å². The van der Waals surface area contributed by atoms with Gasteiger partial charge in [0.05, 0.1) is 7.11 Å². The van der Waals surface area contributed by atoms with Crippen LogP contribution in [0.15, 0.2) is 30.6 Å². The van der Waals surface area contributed by atoms with Gasteiger partial charge in [0.1, 0.15) is 0 Å². The minimum Gasteiger partial charge on any atom is -0.479 e. The molecule has 0 unspecified atom stereocenters. The fourth-order valence-electron chi connectivity index (χ4n) is 1.55. The van der Waals surface area contributed by atoms with E-state index in [1.807, 2.05) is 6.92 Å². The van der Waals surface area contributed by atoms with Gasteiger partial charge in [-0.2, -0.15) is 0 Å². The molecule has 0 bridgehead atoms. The van der Waals surface area contributed by atoms with Crippen LogP contribution in [0.5, 0.6) is 5.88 Å². The average molecular weight is 243 g/mol. The van der Waals surface area contributed by atoms with Crippen LogP contribution in [-0.4, -0.2) is 22.9 Å². The van der Waals surface area contributed by atoms with E-state index in [-0.39, 0.29) is 17.4 Å². The molecule has 92 valence electrons. The molecule has 0 spiro atoms. The molecule has 0 amide bonds. The van der Waals surface area contributed by atoms with Crippen LogP contribution < -0.4 is 10.5 Å². The Morgan fingerprint density at radius 2 is 2.00 bits per heavy atom. The Kier molecular flexibility index (Phi) is 3.23. The van der Waals surface area contributed by atoms with Gasteiger partial charge >= 0.3 is 0 Å². The zero-order valence-corrected chi connectivity index (χ0v) is 10.2. The Balaban J connectivity index is 2.44. The molecule has 2 N–H and O–H groups in total. The smallest absolute Gasteiger partial charge is 0.243 e. The maximum absolute atomic E-state index is 12.3. The van der Waals surface area contributed by atoms with Gasteiger partial charge in [-0.05, 0) is 18.6 Å². The molecule has 0 aliphatic carbocycles. The lowest BCUT2D eigenvalue weighted by atomic mass is 10.0. The molecular formula is C13H13N3O2. The molecule has 18 heavy (non-hydrogen) atoms. The summed E-state index contributed by atoms with van der Waals surface area (Å²) in [4.78, 5) is 20.2. The summed E-state index contributed by atoms with van der Waals surface area (Å²) in [6.45, 7) is 1.88. The van der Waals surface area contributed by atoms with Gasteiger partial charge in [0.2, 0.25) is 11.7 Å². The number of anilines is 1. The van der Waals surface area contributed by atoms with Crippen molar-refractivity contribution in [2.45, 2.75) is 6.92 Å². The van der Waals surface area contributed by atoms with Gasteiger partial charge in [0.15, 0.2) is 5.69 Å². The summed E-state index contributed by atoms with van der Waals surface area (Å²) in [5.74, 6) is -0.0479. The van der Waals surface area contributed by atoms with Crippen molar-refractivity contribution in [2.75, 3.05) is 12.8 Å². The number of aryl methyl sites for hydroxylation is 1. The molecule has 0 atom stereocenters. The Morgan fingerprint density at radius 1 is 1.28 bits per heavy atom. The van der Waals surface area contributed by atoms with Crippen LogP contribution >= 0.6 is 0 Å². The number of hydrogen-bond acceptors (Lipinski definition) is 5. The molecule has 2 rings (SSSR count). The minimum atomic E-state index is -0.258. The first kappa shape index (κ1) is 12.0. The number of aromatic nitrogens is 2. The van der Waals surface area contributed by atoms with Crippen LogP contribution in [0.3, 0.4) is 0 Å². The average Bonchev–Trinajstić information content (AvgIpc) is 2.41. The second kappa shape index (κ2) is 4.83. The van der Waals surface area contributed by atoms with Gasteiger partial charge in [0, 0.05) is 23.6 Å². The second-order valence-electron chi connectivity index (χ2n) is 3.81. The Hall–Kier alpha value is -2.43. The largest absolute Gasteiger partial charge is 0.479 e. The lowest BCUT2D eigenvalue weighted by molar-refractivity contribution is 0.103. The number of carbonyl (C=O) groups is 1. The number of nitrogens with two attached hydrogens (primary N) is 1.